The average molecular weight is 479 g/mol. The molecule has 0 aliphatic carbocycles. The van der Waals surface area contributed by atoms with Gasteiger partial charge in [0.15, 0.2) is 6.10 Å². The number of aliphatic carboxylic acids is 1. The molecule has 0 aliphatic heterocycles. The highest BCUT2D eigenvalue weighted by Crippen LogP contribution is 2.27. The minimum Gasteiger partial charge on any atom is -0.488 e. The van der Waals surface area contributed by atoms with Crippen LogP contribution in [0.25, 0.3) is 0 Å². The first kappa shape index (κ1) is 23.6. The van der Waals surface area contributed by atoms with Crippen LogP contribution in [0.1, 0.15) is 25.0 Å². The molecule has 0 amide bonds. The first-order chi connectivity index (χ1) is 14.3. The highest BCUT2D eigenvalue weighted by atomic mass is 79.9. The molecular formula is C23H21BrF2O4. The summed E-state index contributed by atoms with van der Waals surface area (Å²) in [5, 5.41) is 9.19. The van der Waals surface area contributed by atoms with Crippen molar-refractivity contribution in [1.82, 2.24) is 0 Å². The monoisotopic (exact) mass is 478 g/mol. The van der Waals surface area contributed by atoms with Crippen LogP contribution in [0.15, 0.2) is 52.5 Å². The van der Waals surface area contributed by atoms with Gasteiger partial charge in [-0.25, -0.2) is 13.6 Å². The van der Waals surface area contributed by atoms with E-state index in [-0.39, 0.29) is 18.6 Å². The number of halogens is 3. The standard InChI is InChI=1S/C23H21BrF2O4/c1-3-29-22(23(27)28)13-17-6-7-21(20(24)12-17)30-9-8-15(2)4-5-16-10-18(25)14-19(26)11-16/h6-8,10-12,14,22H,3,9,13H2,1-2H3,(H,27,28)/b15-8-. The molecule has 0 fully saturated rings. The Morgan fingerprint density at radius 1 is 1.23 bits per heavy atom. The van der Waals surface area contributed by atoms with E-state index in [0.29, 0.717) is 22.4 Å². The fourth-order valence-electron chi connectivity index (χ4n) is 2.53. The van der Waals surface area contributed by atoms with Crippen molar-refractivity contribution in [1.29, 1.82) is 0 Å². The van der Waals surface area contributed by atoms with E-state index in [1.807, 2.05) is 0 Å². The van der Waals surface area contributed by atoms with Crippen LogP contribution in [-0.2, 0) is 16.0 Å². The van der Waals surface area contributed by atoms with Crippen LogP contribution >= 0.6 is 15.9 Å². The summed E-state index contributed by atoms with van der Waals surface area (Å²) in [7, 11) is 0. The molecule has 158 valence electrons. The van der Waals surface area contributed by atoms with Gasteiger partial charge in [0.05, 0.1) is 4.47 Å². The molecule has 0 radical (unpaired) electrons. The Morgan fingerprint density at radius 2 is 1.93 bits per heavy atom. The second-order valence-corrected chi connectivity index (χ2v) is 7.21. The number of rotatable bonds is 8. The Hall–Kier alpha value is -2.69. The summed E-state index contributed by atoms with van der Waals surface area (Å²) in [6, 6.07) is 8.44. The topological polar surface area (TPSA) is 55.8 Å². The summed E-state index contributed by atoms with van der Waals surface area (Å²) in [6.07, 6.45) is 1.10. The van der Waals surface area contributed by atoms with Gasteiger partial charge in [0.1, 0.15) is 24.0 Å². The van der Waals surface area contributed by atoms with Gasteiger partial charge in [0.2, 0.25) is 0 Å². The van der Waals surface area contributed by atoms with Crippen LogP contribution in [0.3, 0.4) is 0 Å². The molecule has 0 aromatic heterocycles. The zero-order valence-corrected chi connectivity index (χ0v) is 18.1. The van der Waals surface area contributed by atoms with Gasteiger partial charge in [0, 0.05) is 24.7 Å². The van der Waals surface area contributed by atoms with E-state index in [1.165, 1.54) is 12.1 Å². The average Bonchev–Trinajstić information content (AvgIpc) is 2.67. The van der Waals surface area contributed by atoms with Gasteiger partial charge in [-0.05, 0) is 71.3 Å². The number of allylic oxidation sites excluding steroid dienone is 1. The van der Waals surface area contributed by atoms with E-state index in [4.69, 9.17) is 9.47 Å². The third-order valence-corrected chi connectivity index (χ3v) is 4.58. The number of carboxylic acids is 1. The molecule has 0 bridgehead atoms. The molecule has 2 aromatic carbocycles. The first-order valence-corrected chi connectivity index (χ1v) is 9.98. The van der Waals surface area contributed by atoms with E-state index in [9.17, 15) is 18.7 Å². The minimum atomic E-state index is -1.00. The van der Waals surface area contributed by atoms with Crippen molar-refractivity contribution in [2.75, 3.05) is 13.2 Å². The third kappa shape index (κ3) is 7.62. The zero-order chi connectivity index (χ0) is 22.1. The largest absolute Gasteiger partial charge is 0.488 e. The molecule has 30 heavy (non-hydrogen) atoms. The molecule has 7 heteroatoms. The molecule has 1 atom stereocenters. The van der Waals surface area contributed by atoms with Crippen molar-refractivity contribution in [3.8, 4) is 17.6 Å². The van der Waals surface area contributed by atoms with Crippen LogP contribution in [-0.4, -0.2) is 30.4 Å². The van der Waals surface area contributed by atoms with Crippen LogP contribution in [0.2, 0.25) is 0 Å². The lowest BCUT2D eigenvalue weighted by atomic mass is 10.1. The van der Waals surface area contributed by atoms with Gasteiger partial charge < -0.3 is 14.6 Å². The summed E-state index contributed by atoms with van der Waals surface area (Å²) in [6.45, 7) is 4.08. The lowest BCUT2D eigenvalue weighted by molar-refractivity contribution is -0.149. The Bertz CT molecular complexity index is 972. The highest BCUT2D eigenvalue weighted by molar-refractivity contribution is 9.10. The molecule has 0 saturated heterocycles. The molecule has 0 spiro atoms. The van der Waals surface area contributed by atoms with Crippen LogP contribution in [0.4, 0.5) is 8.78 Å². The van der Waals surface area contributed by atoms with Gasteiger partial charge in [0.25, 0.3) is 0 Å². The summed E-state index contributed by atoms with van der Waals surface area (Å²) >= 11 is 3.42. The molecule has 2 aromatic rings. The van der Waals surface area contributed by atoms with Crippen molar-refractivity contribution in [2.45, 2.75) is 26.4 Å². The van der Waals surface area contributed by atoms with Gasteiger partial charge in [-0.2, -0.15) is 0 Å². The molecule has 0 aliphatic rings. The third-order valence-electron chi connectivity index (χ3n) is 3.96. The van der Waals surface area contributed by atoms with Gasteiger partial charge in [-0.1, -0.05) is 17.9 Å². The normalized spacial score (nSPS) is 12.1. The molecule has 0 heterocycles. The van der Waals surface area contributed by atoms with E-state index < -0.39 is 23.7 Å². The van der Waals surface area contributed by atoms with E-state index >= 15 is 0 Å². The summed E-state index contributed by atoms with van der Waals surface area (Å²) in [5.74, 6) is 3.77. The number of hydrogen-bond acceptors (Lipinski definition) is 3. The first-order valence-electron chi connectivity index (χ1n) is 9.19. The number of hydrogen-bond donors (Lipinski definition) is 1. The van der Waals surface area contributed by atoms with Crippen molar-refractivity contribution in [3.63, 3.8) is 0 Å². The molecule has 1 N–H and O–H groups in total. The van der Waals surface area contributed by atoms with Crippen molar-refractivity contribution in [3.05, 3.63) is 75.3 Å². The number of carbonyl (C=O) groups is 1. The van der Waals surface area contributed by atoms with E-state index in [1.54, 1.807) is 38.1 Å². The van der Waals surface area contributed by atoms with Crippen molar-refractivity contribution in [2.24, 2.45) is 0 Å². The Morgan fingerprint density at radius 3 is 2.53 bits per heavy atom. The summed E-state index contributed by atoms with van der Waals surface area (Å²) < 4.78 is 38.0. The van der Waals surface area contributed by atoms with E-state index in [0.717, 1.165) is 11.6 Å². The second kappa shape index (κ2) is 11.5. The predicted octanol–water partition coefficient (Wildman–Crippen LogP) is 5.14. The summed E-state index contributed by atoms with van der Waals surface area (Å²) in [5.41, 5.74) is 1.75. The SMILES string of the molecule is CCOC(Cc1ccc(OC/C=C(/C)C#Cc2cc(F)cc(F)c2)c(Br)c1)C(=O)O. The minimum absolute atomic E-state index is 0.243. The maximum Gasteiger partial charge on any atom is 0.333 e. The Labute approximate surface area is 182 Å². The van der Waals surface area contributed by atoms with Crippen molar-refractivity contribution < 1.29 is 28.2 Å². The quantitative estimate of drug-likeness (QED) is 0.533. The fraction of sp³-hybridized carbons (Fsp3) is 0.261. The molecule has 0 saturated carbocycles. The highest BCUT2D eigenvalue weighted by Gasteiger charge is 2.18. The van der Waals surface area contributed by atoms with Crippen LogP contribution in [0, 0.1) is 23.5 Å². The van der Waals surface area contributed by atoms with Crippen molar-refractivity contribution >= 4 is 21.9 Å². The maximum absolute atomic E-state index is 13.2. The molecule has 1 unspecified atom stereocenters. The number of carboxylic acid groups (broad SMARTS) is 1. The predicted molar refractivity (Wildman–Crippen MR) is 113 cm³/mol. The molecule has 2 rings (SSSR count). The zero-order valence-electron chi connectivity index (χ0n) is 16.5. The van der Waals surface area contributed by atoms with Gasteiger partial charge >= 0.3 is 5.97 Å². The Kier molecular flexibility index (Phi) is 9.03. The second-order valence-electron chi connectivity index (χ2n) is 6.36. The molecular weight excluding hydrogens is 458 g/mol. The maximum atomic E-state index is 13.2. The molecule has 4 nitrogen and oxygen atoms in total. The lowest BCUT2D eigenvalue weighted by Gasteiger charge is -2.13. The van der Waals surface area contributed by atoms with Crippen LogP contribution < -0.4 is 4.74 Å². The lowest BCUT2D eigenvalue weighted by Crippen LogP contribution is -2.26. The number of ether oxygens (including phenoxy) is 2. The Balaban J connectivity index is 1.97. The fourth-order valence-corrected chi connectivity index (χ4v) is 3.07. The smallest absolute Gasteiger partial charge is 0.333 e. The van der Waals surface area contributed by atoms with Gasteiger partial charge in [-0.15, -0.1) is 0 Å². The summed E-state index contributed by atoms with van der Waals surface area (Å²) in [4.78, 5) is 11.2. The van der Waals surface area contributed by atoms with Gasteiger partial charge in [-0.3, -0.25) is 0 Å². The number of benzene rings is 2. The van der Waals surface area contributed by atoms with E-state index in [2.05, 4.69) is 27.8 Å². The van der Waals surface area contributed by atoms with Crippen LogP contribution in [0.5, 0.6) is 5.75 Å².